The predicted molar refractivity (Wildman–Crippen MR) is 59.3 cm³/mol. The van der Waals surface area contributed by atoms with Crippen LogP contribution in [0.1, 0.15) is 24.6 Å². The van der Waals surface area contributed by atoms with Crippen LogP contribution in [-0.4, -0.2) is 30.4 Å². The van der Waals surface area contributed by atoms with Crippen LogP contribution in [0.2, 0.25) is 0 Å². The highest BCUT2D eigenvalue weighted by molar-refractivity contribution is 5.17. The van der Waals surface area contributed by atoms with E-state index in [0.717, 1.165) is 26.1 Å². The average molecular weight is 223 g/mol. The third-order valence-corrected chi connectivity index (χ3v) is 2.97. The summed E-state index contributed by atoms with van der Waals surface area (Å²) in [6, 6.07) is 5.46. The number of pyridine rings is 1. The second-order valence-corrected chi connectivity index (χ2v) is 4.00. The van der Waals surface area contributed by atoms with E-state index >= 15 is 0 Å². The van der Waals surface area contributed by atoms with E-state index in [1.807, 2.05) is 12.1 Å². The maximum Gasteiger partial charge on any atom is 0.213 e. The summed E-state index contributed by atoms with van der Waals surface area (Å²) in [5.41, 5.74) is 0.686. The van der Waals surface area contributed by atoms with E-state index in [-0.39, 0.29) is 5.92 Å². The highest BCUT2D eigenvalue weighted by Crippen LogP contribution is 2.29. The van der Waals surface area contributed by atoms with Crippen molar-refractivity contribution >= 4 is 0 Å². The van der Waals surface area contributed by atoms with Crippen molar-refractivity contribution in [2.75, 3.05) is 20.3 Å². The first-order valence-corrected chi connectivity index (χ1v) is 5.58. The molecule has 0 spiro atoms. The van der Waals surface area contributed by atoms with Gasteiger partial charge < -0.3 is 14.6 Å². The molecule has 0 aromatic carbocycles. The van der Waals surface area contributed by atoms with E-state index in [0.29, 0.717) is 11.6 Å². The lowest BCUT2D eigenvalue weighted by Gasteiger charge is -2.26. The zero-order valence-electron chi connectivity index (χ0n) is 9.43. The van der Waals surface area contributed by atoms with Crippen molar-refractivity contribution in [1.29, 1.82) is 0 Å². The molecular formula is C12H17NO3. The Kier molecular flexibility index (Phi) is 3.74. The Labute approximate surface area is 95.2 Å². The summed E-state index contributed by atoms with van der Waals surface area (Å²) in [6.07, 6.45) is 1.26. The van der Waals surface area contributed by atoms with Gasteiger partial charge in [-0.3, -0.25) is 0 Å². The molecule has 0 radical (unpaired) electrons. The van der Waals surface area contributed by atoms with Crippen LogP contribution in [0.15, 0.2) is 18.2 Å². The minimum Gasteiger partial charge on any atom is -0.481 e. The molecule has 0 saturated carbocycles. The Balaban J connectivity index is 2.09. The van der Waals surface area contributed by atoms with Gasteiger partial charge in [-0.05, 0) is 24.8 Å². The number of ether oxygens (including phenoxy) is 2. The standard InChI is InChI=1S/C12H17NO3/c1-15-11-4-2-3-10(13-11)12(14)9-5-7-16-8-6-9/h2-4,9,12,14H,5-8H2,1H3. The molecule has 2 rings (SSSR count). The summed E-state index contributed by atoms with van der Waals surface area (Å²) >= 11 is 0. The number of nitrogens with zero attached hydrogens (tertiary/aromatic N) is 1. The lowest BCUT2D eigenvalue weighted by molar-refractivity contribution is 0.00541. The summed E-state index contributed by atoms with van der Waals surface area (Å²) in [5, 5.41) is 10.2. The molecule has 1 aromatic heterocycles. The molecule has 1 aliphatic heterocycles. The highest BCUT2D eigenvalue weighted by Gasteiger charge is 2.24. The lowest BCUT2D eigenvalue weighted by Crippen LogP contribution is -2.22. The number of aliphatic hydroxyl groups excluding tert-OH is 1. The highest BCUT2D eigenvalue weighted by atomic mass is 16.5. The molecule has 1 aliphatic rings. The fourth-order valence-corrected chi connectivity index (χ4v) is 1.98. The van der Waals surface area contributed by atoms with E-state index in [1.165, 1.54) is 0 Å². The van der Waals surface area contributed by atoms with Crippen LogP contribution in [0.25, 0.3) is 0 Å². The Morgan fingerprint density at radius 2 is 2.19 bits per heavy atom. The Bertz CT molecular complexity index is 337. The Morgan fingerprint density at radius 1 is 1.44 bits per heavy atom. The molecular weight excluding hydrogens is 206 g/mol. The van der Waals surface area contributed by atoms with Crippen molar-refractivity contribution < 1.29 is 14.6 Å². The molecule has 4 heteroatoms. The van der Waals surface area contributed by atoms with Crippen molar-refractivity contribution in [2.24, 2.45) is 5.92 Å². The van der Waals surface area contributed by atoms with Crippen molar-refractivity contribution in [3.05, 3.63) is 23.9 Å². The number of hydrogen-bond acceptors (Lipinski definition) is 4. The molecule has 1 aromatic rings. The first-order valence-electron chi connectivity index (χ1n) is 5.58. The van der Waals surface area contributed by atoms with Gasteiger partial charge in [0.05, 0.1) is 18.9 Å². The molecule has 16 heavy (non-hydrogen) atoms. The molecule has 1 unspecified atom stereocenters. The predicted octanol–water partition coefficient (Wildman–Crippen LogP) is 1.55. The molecule has 1 N–H and O–H groups in total. The van der Waals surface area contributed by atoms with Crippen LogP contribution >= 0.6 is 0 Å². The average Bonchev–Trinajstić information content (AvgIpc) is 2.39. The minimum atomic E-state index is -0.515. The fraction of sp³-hybridized carbons (Fsp3) is 0.583. The van der Waals surface area contributed by atoms with Gasteiger partial charge in [0.15, 0.2) is 0 Å². The zero-order valence-corrected chi connectivity index (χ0v) is 9.43. The largest absolute Gasteiger partial charge is 0.481 e. The number of aromatic nitrogens is 1. The minimum absolute atomic E-state index is 0.244. The van der Waals surface area contributed by atoms with Crippen molar-refractivity contribution in [3.63, 3.8) is 0 Å². The number of methoxy groups -OCH3 is 1. The third kappa shape index (κ3) is 2.51. The summed E-state index contributed by atoms with van der Waals surface area (Å²) in [7, 11) is 1.58. The topological polar surface area (TPSA) is 51.6 Å². The summed E-state index contributed by atoms with van der Waals surface area (Å²) in [4.78, 5) is 4.25. The third-order valence-electron chi connectivity index (χ3n) is 2.97. The second kappa shape index (κ2) is 5.27. The van der Waals surface area contributed by atoms with E-state index in [1.54, 1.807) is 13.2 Å². The van der Waals surface area contributed by atoms with Gasteiger partial charge in [0.2, 0.25) is 5.88 Å². The SMILES string of the molecule is COc1cccc(C(O)C2CCOCC2)n1. The molecule has 0 amide bonds. The first kappa shape index (κ1) is 11.4. The fourth-order valence-electron chi connectivity index (χ4n) is 1.98. The normalized spacial score (nSPS) is 19.4. The number of hydrogen-bond donors (Lipinski definition) is 1. The van der Waals surface area contributed by atoms with Crippen LogP contribution in [0.3, 0.4) is 0 Å². The van der Waals surface area contributed by atoms with Gasteiger partial charge in [0, 0.05) is 19.3 Å². The summed E-state index contributed by atoms with van der Waals surface area (Å²) in [6.45, 7) is 1.46. The van der Waals surface area contributed by atoms with E-state index < -0.39 is 6.10 Å². The Morgan fingerprint density at radius 3 is 2.88 bits per heavy atom. The van der Waals surface area contributed by atoms with Gasteiger partial charge in [0.25, 0.3) is 0 Å². The van der Waals surface area contributed by atoms with E-state index in [2.05, 4.69) is 4.98 Å². The van der Waals surface area contributed by atoms with Crippen molar-refractivity contribution in [3.8, 4) is 5.88 Å². The van der Waals surface area contributed by atoms with Gasteiger partial charge in [-0.15, -0.1) is 0 Å². The summed E-state index contributed by atoms with van der Waals surface area (Å²) in [5.74, 6) is 0.789. The van der Waals surface area contributed by atoms with Crippen LogP contribution in [0.4, 0.5) is 0 Å². The van der Waals surface area contributed by atoms with Crippen LogP contribution in [0.5, 0.6) is 5.88 Å². The smallest absolute Gasteiger partial charge is 0.213 e. The van der Waals surface area contributed by atoms with Crippen LogP contribution in [-0.2, 0) is 4.74 Å². The van der Waals surface area contributed by atoms with Gasteiger partial charge in [0.1, 0.15) is 0 Å². The molecule has 2 heterocycles. The van der Waals surface area contributed by atoms with Gasteiger partial charge >= 0.3 is 0 Å². The van der Waals surface area contributed by atoms with Crippen LogP contribution in [0, 0.1) is 5.92 Å². The molecule has 4 nitrogen and oxygen atoms in total. The first-order chi connectivity index (χ1) is 7.81. The van der Waals surface area contributed by atoms with Gasteiger partial charge in [-0.1, -0.05) is 6.07 Å². The molecule has 1 fully saturated rings. The molecule has 88 valence electrons. The zero-order chi connectivity index (χ0) is 11.4. The molecule has 1 saturated heterocycles. The monoisotopic (exact) mass is 223 g/mol. The van der Waals surface area contributed by atoms with Gasteiger partial charge in [-0.2, -0.15) is 0 Å². The van der Waals surface area contributed by atoms with Crippen molar-refractivity contribution in [1.82, 2.24) is 4.98 Å². The number of rotatable bonds is 3. The quantitative estimate of drug-likeness (QED) is 0.844. The lowest BCUT2D eigenvalue weighted by atomic mass is 9.92. The van der Waals surface area contributed by atoms with Crippen molar-refractivity contribution in [2.45, 2.75) is 18.9 Å². The van der Waals surface area contributed by atoms with Gasteiger partial charge in [-0.25, -0.2) is 4.98 Å². The van der Waals surface area contributed by atoms with E-state index in [4.69, 9.17) is 9.47 Å². The molecule has 0 aliphatic carbocycles. The molecule has 0 bridgehead atoms. The maximum atomic E-state index is 10.2. The Hall–Kier alpha value is -1.13. The maximum absolute atomic E-state index is 10.2. The number of aliphatic hydroxyl groups is 1. The van der Waals surface area contributed by atoms with Crippen LogP contribution < -0.4 is 4.74 Å². The molecule has 1 atom stereocenters. The second-order valence-electron chi connectivity index (χ2n) is 4.00. The summed E-state index contributed by atoms with van der Waals surface area (Å²) < 4.78 is 10.3. The van der Waals surface area contributed by atoms with E-state index in [9.17, 15) is 5.11 Å².